The van der Waals surface area contributed by atoms with Gasteiger partial charge in [0.2, 0.25) is 5.91 Å². The van der Waals surface area contributed by atoms with Gasteiger partial charge in [-0.05, 0) is 17.9 Å². The highest BCUT2D eigenvalue weighted by Crippen LogP contribution is 2.24. The van der Waals surface area contributed by atoms with Gasteiger partial charge >= 0.3 is 0 Å². The lowest BCUT2D eigenvalue weighted by Crippen LogP contribution is -2.33. The van der Waals surface area contributed by atoms with E-state index < -0.39 is 0 Å². The molecule has 26 heavy (non-hydrogen) atoms. The monoisotopic (exact) mass is 395 g/mol. The van der Waals surface area contributed by atoms with E-state index in [4.69, 9.17) is 11.6 Å². The van der Waals surface area contributed by atoms with Crippen LogP contribution in [0.3, 0.4) is 0 Å². The third-order valence-corrected chi connectivity index (χ3v) is 6.01. The summed E-state index contributed by atoms with van der Waals surface area (Å²) in [6, 6.07) is 1.74. The zero-order chi connectivity index (χ0) is 18.7. The Kier molecular flexibility index (Phi) is 5.93. The molecule has 0 saturated carbocycles. The molecule has 0 radical (unpaired) electrons. The van der Waals surface area contributed by atoms with E-state index in [1.165, 1.54) is 11.3 Å². The van der Waals surface area contributed by atoms with Crippen LogP contribution in [0.1, 0.15) is 41.6 Å². The fourth-order valence-corrected chi connectivity index (χ4v) is 3.94. The Labute approximate surface area is 161 Å². The highest BCUT2D eigenvalue weighted by molar-refractivity contribution is 7.12. The van der Waals surface area contributed by atoms with Gasteiger partial charge in [0.25, 0.3) is 5.91 Å². The van der Waals surface area contributed by atoms with E-state index in [0.29, 0.717) is 42.5 Å². The number of thiophene rings is 1. The molecule has 1 N–H and O–H groups in total. The Morgan fingerprint density at radius 2 is 2.15 bits per heavy atom. The zero-order valence-corrected chi connectivity index (χ0v) is 16.4. The van der Waals surface area contributed by atoms with E-state index >= 15 is 0 Å². The Morgan fingerprint density at radius 1 is 1.35 bits per heavy atom. The number of nitrogens with zero attached hydrogens (tertiary/aromatic N) is 4. The van der Waals surface area contributed by atoms with Crippen LogP contribution in [0.25, 0.3) is 0 Å². The molecule has 3 rings (SSSR count). The Bertz CT molecular complexity index is 803. The molecule has 7 nitrogen and oxygen atoms in total. The molecule has 0 fully saturated rings. The van der Waals surface area contributed by atoms with Crippen molar-refractivity contribution in [3.8, 4) is 0 Å². The number of halogens is 1. The summed E-state index contributed by atoms with van der Waals surface area (Å²) < 4.78 is 2.00. The molecule has 1 aliphatic rings. The summed E-state index contributed by atoms with van der Waals surface area (Å²) in [5, 5.41) is 13.7. The molecule has 0 aliphatic carbocycles. The summed E-state index contributed by atoms with van der Waals surface area (Å²) in [7, 11) is 0. The second kappa shape index (κ2) is 8.18. The number of fused-ring (bicyclic) bond motifs is 1. The number of hydrogen-bond acceptors (Lipinski definition) is 5. The van der Waals surface area contributed by atoms with Gasteiger partial charge in [0.15, 0.2) is 5.82 Å². The van der Waals surface area contributed by atoms with E-state index in [2.05, 4.69) is 15.5 Å². The van der Waals surface area contributed by atoms with Gasteiger partial charge in [0, 0.05) is 32.0 Å². The highest BCUT2D eigenvalue weighted by atomic mass is 35.5. The first-order valence-corrected chi connectivity index (χ1v) is 9.98. The van der Waals surface area contributed by atoms with Crippen molar-refractivity contribution in [2.75, 3.05) is 13.1 Å². The summed E-state index contributed by atoms with van der Waals surface area (Å²) in [6.07, 6.45) is 1.42. The number of hydrogen-bond donors (Lipinski definition) is 1. The fraction of sp³-hybridized carbons (Fsp3) is 0.529. The van der Waals surface area contributed by atoms with Crippen LogP contribution in [-0.4, -0.2) is 44.6 Å². The smallest absolute Gasteiger partial charge is 0.265 e. The van der Waals surface area contributed by atoms with Gasteiger partial charge in [-0.1, -0.05) is 25.4 Å². The van der Waals surface area contributed by atoms with Gasteiger partial charge in [-0.3, -0.25) is 9.59 Å². The summed E-state index contributed by atoms with van der Waals surface area (Å²) in [4.78, 5) is 27.0. The molecule has 2 amide bonds. The number of amides is 2. The Hall–Kier alpha value is -1.93. The molecule has 0 aromatic carbocycles. The SMILES string of the molecule is CC[C@@H](C)C(=O)NCc1nnc2n1CCN(C(=O)c1sccc1Cl)CC2. The second-order valence-corrected chi connectivity index (χ2v) is 7.67. The average Bonchev–Trinajstić information content (AvgIpc) is 3.18. The van der Waals surface area contributed by atoms with E-state index in [0.717, 1.165) is 18.1 Å². The maximum absolute atomic E-state index is 12.7. The van der Waals surface area contributed by atoms with Crippen LogP contribution in [0, 0.1) is 5.92 Å². The first-order valence-electron chi connectivity index (χ1n) is 8.72. The minimum absolute atomic E-state index is 0.0163. The predicted molar refractivity (Wildman–Crippen MR) is 100 cm³/mol. The molecular formula is C17H22ClN5O2S. The summed E-state index contributed by atoms with van der Waals surface area (Å²) in [5.41, 5.74) is 0. The maximum Gasteiger partial charge on any atom is 0.265 e. The Morgan fingerprint density at radius 3 is 2.85 bits per heavy atom. The van der Waals surface area contributed by atoms with Crippen molar-refractivity contribution >= 4 is 34.8 Å². The zero-order valence-electron chi connectivity index (χ0n) is 14.9. The van der Waals surface area contributed by atoms with Crippen LogP contribution in [0.5, 0.6) is 0 Å². The molecule has 2 aromatic rings. The van der Waals surface area contributed by atoms with Crippen molar-refractivity contribution in [3.63, 3.8) is 0 Å². The van der Waals surface area contributed by atoms with Crippen molar-refractivity contribution < 1.29 is 9.59 Å². The standard InChI is InChI=1S/C17H22ClN5O2S/c1-3-11(2)16(24)19-10-14-21-20-13-4-6-22(7-8-23(13)14)17(25)15-12(18)5-9-26-15/h5,9,11H,3-4,6-8,10H2,1-2H3,(H,19,24)/t11-/m1/s1. The van der Waals surface area contributed by atoms with E-state index in [-0.39, 0.29) is 17.7 Å². The van der Waals surface area contributed by atoms with Gasteiger partial charge < -0.3 is 14.8 Å². The number of carbonyl (C=O) groups is 2. The largest absolute Gasteiger partial charge is 0.349 e. The fourth-order valence-electron chi connectivity index (χ4n) is 2.83. The normalized spacial score (nSPS) is 15.3. The maximum atomic E-state index is 12.7. The molecular weight excluding hydrogens is 374 g/mol. The number of carbonyl (C=O) groups excluding carboxylic acids is 2. The van der Waals surface area contributed by atoms with Gasteiger partial charge in [-0.2, -0.15) is 0 Å². The molecule has 0 spiro atoms. The Balaban J connectivity index is 1.65. The van der Waals surface area contributed by atoms with Crippen LogP contribution >= 0.6 is 22.9 Å². The van der Waals surface area contributed by atoms with Crippen LogP contribution in [-0.2, 0) is 24.3 Å². The van der Waals surface area contributed by atoms with Crippen LogP contribution in [0.2, 0.25) is 5.02 Å². The van der Waals surface area contributed by atoms with E-state index in [1.54, 1.807) is 11.0 Å². The van der Waals surface area contributed by atoms with Gasteiger partial charge in [-0.15, -0.1) is 21.5 Å². The van der Waals surface area contributed by atoms with Gasteiger partial charge in [0.1, 0.15) is 10.7 Å². The van der Waals surface area contributed by atoms with Crippen LogP contribution in [0.4, 0.5) is 0 Å². The molecule has 0 saturated heterocycles. The lowest BCUT2D eigenvalue weighted by molar-refractivity contribution is -0.124. The third kappa shape index (κ3) is 3.91. The number of rotatable bonds is 5. The molecule has 1 aliphatic heterocycles. The van der Waals surface area contributed by atoms with Crippen molar-refractivity contribution in [1.29, 1.82) is 0 Å². The summed E-state index contributed by atoms with van der Waals surface area (Å²) in [5.74, 6) is 1.51. The number of nitrogens with one attached hydrogen (secondary N) is 1. The third-order valence-electron chi connectivity index (χ3n) is 4.68. The predicted octanol–water partition coefficient (Wildman–Crippen LogP) is 2.35. The van der Waals surface area contributed by atoms with Crippen molar-refractivity contribution in [2.24, 2.45) is 5.92 Å². The molecule has 9 heteroatoms. The minimum atomic E-state index is -0.0460. The average molecular weight is 396 g/mol. The van der Waals surface area contributed by atoms with Crippen molar-refractivity contribution in [1.82, 2.24) is 25.0 Å². The van der Waals surface area contributed by atoms with Crippen molar-refractivity contribution in [2.45, 2.75) is 39.8 Å². The van der Waals surface area contributed by atoms with Gasteiger partial charge in [0.05, 0.1) is 11.6 Å². The lowest BCUT2D eigenvalue weighted by atomic mass is 10.1. The minimum Gasteiger partial charge on any atom is -0.349 e. The van der Waals surface area contributed by atoms with Gasteiger partial charge in [-0.25, -0.2) is 0 Å². The van der Waals surface area contributed by atoms with Crippen molar-refractivity contribution in [3.05, 3.63) is 33.0 Å². The highest BCUT2D eigenvalue weighted by Gasteiger charge is 2.24. The molecule has 0 unspecified atom stereocenters. The second-order valence-electron chi connectivity index (χ2n) is 6.35. The first-order chi connectivity index (χ1) is 12.5. The molecule has 1 atom stereocenters. The first kappa shape index (κ1) is 18.8. The lowest BCUT2D eigenvalue weighted by Gasteiger charge is -2.19. The number of aromatic nitrogens is 3. The van der Waals surface area contributed by atoms with E-state index in [1.807, 2.05) is 23.8 Å². The molecule has 2 aromatic heterocycles. The topological polar surface area (TPSA) is 80.1 Å². The molecule has 140 valence electrons. The summed E-state index contributed by atoms with van der Waals surface area (Å²) in [6.45, 7) is 5.97. The van der Waals surface area contributed by atoms with Crippen LogP contribution < -0.4 is 5.32 Å². The van der Waals surface area contributed by atoms with Crippen LogP contribution in [0.15, 0.2) is 11.4 Å². The quantitative estimate of drug-likeness (QED) is 0.842. The molecule has 3 heterocycles. The summed E-state index contributed by atoms with van der Waals surface area (Å²) >= 11 is 7.45. The van der Waals surface area contributed by atoms with E-state index in [9.17, 15) is 9.59 Å². The molecule has 0 bridgehead atoms.